The lowest BCUT2D eigenvalue weighted by atomic mass is 10.2. The fourth-order valence-corrected chi connectivity index (χ4v) is 3.07. The molecule has 0 atom stereocenters. The predicted molar refractivity (Wildman–Crippen MR) is 118 cm³/mol. The van der Waals surface area contributed by atoms with Gasteiger partial charge in [-0.1, -0.05) is 11.6 Å². The van der Waals surface area contributed by atoms with Gasteiger partial charge in [-0.15, -0.1) is 0 Å². The van der Waals surface area contributed by atoms with Crippen LogP contribution >= 0.6 is 11.6 Å². The number of anilines is 4. The molecule has 0 saturated carbocycles. The first-order chi connectivity index (χ1) is 15.8. The zero-order valence-electron chi connectivity index (χ0n) is 16.6. The Morgan fingerprint density at radius 3 is 2.33 bits per heavy atom. The lowest BCUT2D eigenvalue weighted by Crippen LogP contribution is -2.19. The van der Waals surface area contributed by atoms with Gasteiger partial charge >= 0.3 is 12.2 Å². The summed E-state index contributed by atoms with van der Waals surface area (Å²) in [6.45, 7) is 0. The minimum atomic E-state index is -4.63. The number of aromatic nitrogens is 4. The lowest BCUT2D eigenvalue weighted by molar-refractivity contribution is -0.137. The van der Waals surface area contributed by atoms with Gasteiger partial charge in [-0.2, -0.15) is 13.2 Å². The summed E-state index contributed by atoms with van der Waals surface area (Å²) in [5.41, 5.74) is 0.0619. The van der Waals surface area contributed by atoms with Crippen LogP contribution in [0.15, 0.2) is 73.6 Å². The minimum absolute atomic E-state index is 0.0417. The van der Waals surface area contributed by atoms with E-state index in [1.807, 2.05) is 0 Å². The summed E-state index contributed by atoms with van der Waals surface area (Å²) < 4.78 is 40.6. The maximum absolute atomic E-state index is 13.0. The van der Waals surface area contributed by atoms with Crippen molar-refractivity contribution in [2.45, 2.75) is 6.18 Å². The number of urea groups is 1. The molecule has 33 heavy (non-hydrogen) atoms. The number of imidazole rings is 1. The molecule has 4 aromatic rings. The van der Waals surface area contributed by atoms with Crippen LogP contribution in [0.2, 0.25) is 5.02 Å². The van der Waals surface area contributed by atoms with E-state index in [1.54, 1.807) is 53.6 Å². The van der Waals surface area contributed by atoms with E-state index in [9.17, 15) is 18.0 Å². The van der Waals surface area contributed by atoms with Crippen LogP contribution in [0.5, 0.6) is 0 Å². The van der Waals surface area contributed by atoms with E-state index in [2.05, 4.69) is 30.9 Å². The van der Waals surface area contributed by atoms with Crippen molar-refractivity contribution in [1.82, 2.24) is 19.5 Å². The van der Waals surface area contributed by atoms with Crippen molar-refractivity contribution in [1.29, 1.82) is 0 Å². The van der Waals surface area contributed by atoms with Crippen LogP contribution in [0.1, 0.15) is 5.56 Å². The number of rotatable bonds is 5. The molecule has 3 N–H and O–H groups in total. The molecule has 0 radical (unpaired) electrons. The van der Waals surface area contributed by atoms with Crippen molar-refractivity contribution in [3.63, 3.8) is 0 Å². The van der Waals surface area contributed by atoms with Crippen LogP contribution in [0, 0.1) is 0 Å². The SMILES string of the molecule is O=C(Nc1ccc(Nc2cc(-n3ccnc3)ncn2)cc1)Nc1ccc(Cl)c(C(F)(F)F)c1. The summed E-state index contributed by atoms with van der Waals surface area (Å²) in [4.78, 5) is 24.5. The van der Waals surface area contributed by atoms with Crippen LogP contribution in [0.4, 0.5) is 40.8 Å². The number of benzene rings is 2. The zero-order valence-corrected chi connectivity index (χ0v) is 17.4. The van der Waals surface area contributed by atoms with Gasteiger partial charge in [0.15, 0.2) is 0 Å². The standard InChI is InChI=1S/C21H15ClF3N7O/c22-17-6-5-15(9-16(17)21(23,24)25)31-20(33)30-14-3-1-13(2-4-14)29-18-10-19(28-11-27-18)32-8-7-26-12-32/h1-12H,(H,27,28,29)(H2,30,31,33). The van der Waals surface area contributed by atoms with Crippen LogP contribution in [-0.4, -0.2) is 25.6 Å². The molecule has 2 aromatic carbocycles. The second kappa shape index (κ2) is 9.17. The highest BCUT2D eigenvalue weighted by Crippen LogP contribution is 2.36. The highest BCUT2D eigenvalue weighted by atomic mass is 35.5. The van der Waals surface area contributed by atoms with Gasteiger partial charge < -0.3 is 16.0 Å². The van der Waals surface area contributed by atoms with Gasteiger partial charge in [0.05, 0.1) is 10.6 Å². The van der Waals surface area contributed by atoms with Gasteiger partial charge in [0, 0.05) is 35.5 Å². The number of carbonyl (C=O) groups excluding carboxylic acids is 1. The van der Waals surface area contributed by atoms with Crippen molar-refractivity contribution in [3.05, 3.63) is 84.2 Å². The average molecular weight is 474 g/mol. The molecule has 0 aliphatic rings. The van der Waals surface area contributed by atoms with Crippen LogP contribution < -0.4 is 16.0 Å². The molecule has 0 fully saturated rings. The third kappa shape index (κ3) is 5.57. The van der Waals surface area contributed by atoms with Crippen molar-refractivity contribution in [2.75, 3.05) is 16.0 Å². The monoisotopic (exact) mass is 473 g/mol. The Morgan fingerprint density at radius 1 is 0.939 bits per heavy atom. The van der Waals surface area contributed by atoms with Gasteiger partial charge in [0.2, 0.25) is 0 Å². The summed E-state index contributed by atoms with van der Waals surface area (Å²) in [6.07, 6.45) is 1.80. The Kier molecular flexibility index (Phi) is 6.13. The molecule has 0 aliphatic heterocycles. The number of halogens is 4. The second-order valence-electron chi connectivity index (χ2n) is 6.71. The fraction of sp³-hybridized carbons (Fsp3) is 0.0476. The lowest BCUT2D eigenvalue weighted by Gasteiger charge is -2.13. The summed E-state index contributed by atoms with van der Waals surface area (Å²) in [6, 6.07) is 10.8. The van der Waals surface area contributed by atoms with E-state index in [1.165, 1.54) is 12.4 Å². The molecule has 8 nitrogen and oxygen atoms in total. The first-order valence-electron chi connectivity index (χ1n) is 9.40. The maximum atomic E-state index is 13.0. The van der Waals surface area contributed by atoms with Gasteiger partial charge in [-0.3, -0.25) is 4.57 Å². The Labute approximate surface area is 190 Å². The minimum Gasteiger partial charge on any atom is -0.340 e. The number of carbonyl (C=O) groups is 1. The van der Waals surface area contributed by atoms with Gasteiger partial charge in [0.1, 0.15) is 24.3 Å². The molecule has 2 heterocycles. The molecule has 2 amide bonds. The smallest absolute Gasteiger partial charge is 0.340 e. The summed E-state index contributed by atoms with van der Waals surface area (Å²) in [7, 11) is 0. The Balaban J connectivity index is 1.38. The quantitative estimate of drug-likeness (QED) is 0.344. The molecule has 12 heteroatoms. The highest BCUT2D eigenvalue weighted by molar-refractivity contribution is 6.31. The first-order valence-corrected chi connectivity index (χ1v) is 9.78. The highest BCUT2D eigenvalue weighted by Gasteiger charge is 2.33. The maximum Gasteiger partial charge on any atom is 0.417 e. The second-order valence-corrected chi connectivity index (χ2v) is 7.11. The van der Waals surface area contributed by atoms with Gasteiger partial charge in [-0.05, 0) is 42.5 Å². The summed E-state index contributed by atoms with van der Waals surface area (Å²) in [5, 5.41) is 7.58. The number of hydrogen-bond acceptors (Lipinski definition) is 5. The predicted octanol–water partition coefficient (Wildman–Crippen LogP) is 5.72. The Hall–Kier alpha value is -4.12. The molecular weight excluding hydrogens is 459 g/mol. The van der Waals surface area contributed by atoms with Crippen LogP contribution in [-0.2, 0) is 6.18 Å². The van der Waals surface area contributed by atoms with Crippen molar-refractivity contribution in [2.24, 2.45) is 0 Å². The zero-order chi connectivity index (χ0) is 23.4. The molecule has 168 valence electrons. The van der Waals surface area contributed by atoms with E-state index >= 15 is 0 Å². The van der Waals surface area contributed by atoms with Gasteiger partial charge in [0.25, 0.3) is 0 Å². The molecule has 0 unspecified atom stereocenters. The van der Waals surface area contributed by atoms with E-state index in [0.29, 0.717) is 23.0 Å². The molecule has 0 aliphatic carbocycles. The Morgan fingerprint density at radius 2 is 1.64 bits per heavy atom. The van der Waals surface area contributed by atoms with Gasteiger partial charge in [-0.25, -0.2) is 19.7 Å². The van der Waals surface area contributed by atoms with Crippen LogP contribution in [0.25, 0.3) is 5.82 Å². The van der Waals surface area contributed by atoms with Crippen molar-refractivity contribution >= 4 is 40.5 Å². The Bertz CT molecular complexity index is 1260. The fourth-order valence-electron chi connectivity index (χ4n) is 2.85. The van der Waals surface area contributed by atoms with Crippen molar-refractivity contribution in [3.8, 4) is 5.82 Å². The number of nitrogens with zero attached hydrogens (tertiary/aromatic N) is 4. The molecule has 0 spiro atoms. The summed E-state index contributed by atoms with van der Waals surface area (Å²) in [5.74, 6) is 1.19. The number of amides is 2. The topological polar surface area (TPSA) is 96.8 Å². The largest absolute Gasteiger partial charge is 0.417 e. The van der Waals surface area contributed by atoms with E-state index in [0.717, 1.165) is 12.1 Å². The summed E-state index contributed by atoms with van der Waals surface area (Å²) >= 11 is 5.59. The first kappa shape index (κ1) is 22.1. The molecular formula is C21H15ClF3N7O. The molecule has 2 aromatic heterocycles. The molecule has 4 rings (SSSR count). The average Bonchev–Trinajstić information content (AvgIpc) is 3.31. The molecule has 0 saturated heterocycles. The molecule has 0 bridgehead atoms. The number of hydrogen-bond donors (Lipinski definition) is 3. The number of nitrogens with one attached hydrogen (secondary N) is 3. The van der Waals surface area contributed by atoms with E-state index in [4.69, 9.17) is 11.6 Å². The third-order valence-electron chi connectivity index (χ3n) is 4.37. The van der Waals surface area contributed by atoms with E-state index < -0.39 is 22.8 Å². The van der Waals surface area contributed by atoms with Crippen molar-refractivity contribution < 1.29 is 18.0 Å². The van der Waals surface area contributed by atoms with Crippen LogP contribution in [0.3, 0.4) is 0 Å². The third-order valence-corrected chi connectivity index (χ3v) is 4.70. The number of alkyl halides is 3. The normalized spacial score (nSPS) is 11.2. The van der Waals surface area contributed by atoms with E-state index in [-0.39, 0.29) is 5.69 Å².